The second-order valence-electron chi connectivity index (χ2n) is 5.68. The summed E-state index contributed by atoms with van der Waals surface area (Å²) in [4.78, 5) is 12.2. The summed E-state index contributed by atoms with van der Waals surface area (Å²) in [7, 11) is -2.24. The zero-order valence-corrected chi connectivity index (χ0v) is 15.0. The number of terminal acetylenes is 1. The molecule has 1 aromatic rings. The molecule has 0 aromatic heterocycles. The molecule has 1 amide bonds. The molecule has 1 aromatic carbocycles. The molecule has 0 saturated carbocycles. The monoisotopic (exact) mass is 362 g/mol. The molecular weight excluding hydrogens is 340 g/mol. The van der Waals surface area contributed by atoms with Crippen LogP contribution in [0.2, 0.25) is 0 Å². The Morgan fingerprint density at radius 1 is 1.28 bits per heavy atom. The summed E-state index contributed by atoms with van der Waals surface area (Å²) in [6.07, 6.45) is 10.2. The molecule has 0 unspecified atom stereocenters. The zero-order valence-electron chi connectivity index (χ0n) is 14.2. The number of carbonyl (C=O) groups is 1. The van der Waals surface area contributed by atoms with Gasteiger partial charge in [-0.2, -0.15) is 4.31 Å². The first-order valence-corrected chi connectivity index (χ1v) is 9.55. The van der Waals surface area contributed by atoms with E-state index in [1.54, 1.807) is 12.1 Å². The fraction of sp³-hybridized carbons (Fsp3) is 0.389. The van der Waals surface area contributed by atoms with Crippen molar-refractivity contribution in [2.45, 2.75) is 30.6 Å². The molecule has 134 valence electrons. The van der Waals surface area contributed by atoms with Gasteiger partial charge in [0.15, 0.2) is 5.76 Å². The molecule has 1 saturated heterocycles. The van der Waals surface area contributed by atoms with E-state index in [0.29, 0.717) is 18.8 Å². The molecular formula is C18H22N2O4S. The van der Waals surface area contributed by atoms with Crippen LogP contribution in [0.1, 0.15) is 25.7 Å². The second kappa shape index (κ2) is 8.70. The molecule has 0 spiro atoms. The van der Waals surface area contributed by atoms with Gasteiger partial charge in [-0.25, -0.2) is 8.42 Å². The maximum atomic E-state index is 12.8. The molecule has 0 aliphatic carbocycles. The van der Waals surface area contributed by atoms with Crippen molar-refractivity contribution in [2.75, 3.05) is 25.5 Å². The first-order valence-electron chi connectivity index (χ1n) is 8.11. The third kappa shape index (κ3) is 4.84. The van der Waals surface area contributed by atoms with E-state index in [9.17, 15) is 13.2 Å². The summed E-state index contributed by atoms with van der Waals surface area (Å²) in [5.41, 5.74) is 0.362. The third-order valence-corrected chi connectivity index (χ3v) is 5.85. The highest BCUT2D eigenvalue weighted by atomic mass is 32.2. The molecule has 0 bridgehead atoms. The van der Waals surface area contributed by atoms with Gasteiger partial charge in [0, 0.05) is 24.9 Å². The molecule has 0 atom stereocenters. The van der Waals surface area contributed by atoms with Crippen molar-refractivity contribution < 1.29 is 17.9 Å². The van der Waals surface area contributed by atoms with Crippen molar-refractivity contribution in [3.63, 3.8) is 0 Å². The Bertz CT molecular complexity index is 786. The van der Waals surface area contributed by atoms with Crippen molar-refractivity contribution in [1.82, 2.24) is 4.31 Å². The number of amides is 1. The summed E-state index contributed by atoms with van der Waals surface area (Å²) in [6.45, 7) is 1.05. The normalized spacial score (nSPS) is 16.6. The van der Waals surface area contributed by atoms with Crippen molar-refractivity contribution in [3.8, 4) is 12.3 Å². The van der Waals surface area contributed by atoms with Gasteiger partial charge in [-0.1, -0.05) is 24.8 Å². The van der Waals surface area contributed by atoms with Crippen molar-refractivity contribution in [2.24, 2.45) is 0 Å². The highest BCUT2D eigenvalue weighted by molar-refractivity contribution is 7.89. The zero-order chi connectivity index (χ0) is 18.3. The Morgan fingerprint density at radius 2 is 1.96 bits per heavy atom. The fourth-order valence-corrected chi connectivity index (χ4v) is 4.21. The molecule has 7 heteroatoms. The summed E-state index contributed by atoms with van der Waals surface area (Å²) in [5.74, 6) is 1.66. The van der Waals surface area contributed by atoms with Gasteiger partial charge in [-0.05, 0) is 31.0 Å². The van der Waals surface area contributed by atoms with Crippen LogP contribution in [0.25, 0.3) is 0 Å². The highest BCUT2D eigenvalue weighted by Crippen LogP contribution is 2.23. The summed E-state index contributed by atoms with van der Waals surface area (Å²) >= 11 is 0. The van der Waals surface area contributed by atoms with Crippen LogP contribution >= 0.6 is 0 Å². The lowest BCUT2D eigenvalue weighted by Crippen LogP contribution is -2.32. The van der Waals surface area contributed by atoms with E-state index >= 15 is 0 Å². The van der Waals surface area contributed by atoms with Crippen LogP contribution < -0.4 is 5.32 Å². The molecule has 1 heterocycles. The van der Waals surface area contributed by atoms with Crippen LogP contribution in [0.5, 0.6) is 0 Å². The van der Waals surface area contributed by atoms with Gasteiger partial charge in [0.1, 0.15) is 0 Å². The average Bonchev–Trinajstić information content (AvgIpc) is 2.89. The first kappa shape index (κ1) is 19.0. The number of nitrogens with zero attached hydrogens (tertiary/aromatic N) is 1. The number of benzene rings is 1. The van der Waals surface area contributed by atoms with Crippen LogP contribution in [0.3, 0.4) is 0 Å². The number of carbonyl (C=O) groups excluding carboxylic acids is 1. The topological polar surface area (TPSA) is 75.7 Å². The van der Waals surface area contributed by atoms with Crippen LogP contribution in [0.15, 0.2) is 41.0 Å². The Hall–Kier alpha value is -2.30. The number of hydrogen-bond acceptors (Lipinski definition) is 4. The number of rotatable bonds is 5. The van der Waals surface area contributed by atoms with Crippen LogP contribution in [-0.2, 0) is 19.6 Å². The quantitative estimate of drug-likeness (QED) is 0.496. The van der Waals surface area contributed by atoms with Crippen LogP contribution in [0, 0.1) is 12.3 Å². The molecule has 25 heavy (non-hydrogen) atoms. The lowest BCUT2D eigenvalue weighted by atomic mass is 10.2. The number of ether oxygens (including phenoxy) is 1. The number of allylic oxidation sites excluding steroid dienone is 1. The van der Waals surface area contributed by atoms with Gasteiger partial charge >= 0.3 is 0 Å². The predicted molar refractivity (Wildman–Crippen MR) is 96.2 cm³/mol. The van der Waals surface area contributed by atoms with Gasteiger partial charge in [0.25, 0.3) is 5.91 Å². The van der Waals surface area contributed by atoms with Crippen molar-refractivity contribution in [1.29, 1.82) is 0 Å². The average molecular weight is 362 g/mol. The van der Waals surface area contributed by atoms with E-state index < -0.39 is 15.9 Å². The van der Waals surface area contributed by atoms with E-state index in [4.69, 9.17) is 11.2 Å². The number of sulfonamides is 1. The largest absolute Gasteiger partial charge is 0.491 e. The first-order chi connectivity index (χ1) is 12.0. The molecule has 6 nitrogen and oxygen atoms in total. The lowest BCUT2D eigenvalue weighted by Gasteiger charge is -2.20. The minimum atomic E-state index is -3.58. The summed E-state index contributed by atoms with van der Waals surface area (Å²) in [6, 6.07) is 6.19. The van der Waals surface area contributed by atoms with Gasteiger partial charge in [0.05, 0.1) is 12.0 Å². The van der Waals surface area contributed by atoms with Gasteiger partial charge in [-0.15, -0.1) is 6.42 Å². The van der Waals surface area contributed by atoms with Gasteiger partial charge < -0.3 is 10.1 Å². The molecule has 1 aliphatic rings. The summed E-state index contributed by atoms with van der Waals surface area (Å²) in [5, 5.41) is 2.59. The summed E-state index contributed by atoms with van der Waals surface area (Å²) < 4.78 is 32.1. The molecule has 1 fully saturated rings. The molecule has 1 aliphatic heterocycles. The SMILES string of the molecule is C#C/C=C(\OC)C(=O)Nc1cccc(S(=O)(=O)N2CCCCCC2)c1. The minimum Gasteiger partial charge on any atom is -0.491 e. The number of nitrogens with one attached hydrogen (secondary N) is 1. The number of hydrogen-bond donors (Lipinski definition) is 1. The van der Waals surface area contributed by atoms with Crippen LogP contribution in [-0.4, -0.2) is 38.8 Å². The third-order valence-electron chi connectivity index (χ3n) is 3.95. The maximum Gasteiger partial charge on any atom is 0.291 e. The highest BCUT2D eigenvalue weighted by Gasteiger charge is 2.25. The Labute approximate surface area is 148 Å². The minimum absolute atomic E-state index is 0.0247. The van der Waals surface area contributed by atoms with E-state index in [2.05, 4.69) is 11.2 Å². The van der Waals surface area contributed by atoms with Gasteiger partial charge in [0.2, 0.25) is 10.0 Å². The van der Waals surface area contributed by atoms with Crippen molar-refractivity contribution in [3.05, 3.63) is 36.1 Å². The second-order valence-corrected chi connectivity index (χ2v) is 7.62. The molecule has 0 radical (unpaired) electrons. The maximum absolute atomic E-state index is 12.8. The van der Waals surface area contributed by atoms with E-state index in [1.807, 2.05) is 0 Å². The molecule has 1 N–H and O–H groups in total. The standard InChI is InChI=1S/C18H22N2O4S/c1-3-9-17(24-2)18(21)19-15-10-8-11-16(14-15)25(22,23)20-12-6-4-5-7-13-20/h1,8-11,14H,4-7,12-13H2,2H3,(H,19,21)/b17-9-. The van der Waals surface area contributed by atoms with E-state index in [1.165, 1.54) is 29.6 Å². The number of anilines is 1. The smallest absolute Gasteiger partial charge is 0.291 e. The fourth-order valence-electron chi connectivity index (χ4n) is 2.65. The molecule has 2 rings (SSSR count). The Balaban J connectivity index is 2.22. The Morgan fingerprint density at radius 3 is 2.56 bits per heavy atom. The Kier molecular flexibility index (Phi) is 6.62. The van der Waals surface area contributed by atoms with Crippen molar-refractivity contribution >= 4 is 21.6 Å². The van der Waals surface area contributed by atoms with E-state index in [0.717, 1.165) is 25.7 Å². The van der Waals surface area contributed by atoms with Crippen LogP contribution in [0.4, 0.5) is 5.69 Å². The predicted octanol–water partition coefficient (Wildman–Crippen LogP) is 2.35. The van der Waals surface area contributed by atoms with Gasteiger partial charge in [-0.3, -0.25) is 4.79 Å². The van der Waals surface area contributed by atoms with E-state index in [-0.39, 0.29) is 10.7 Å². The lowest BCUT2D eigenvalue weighted by molar-refractivity contribution is -0.115. The number of methoxy groups -OCH3 is 1.